The Kier molecular flexibility index (Phi) is 7.01. The first-order valence-electron chi connectivity index (χ1n) is 9.60. The number of methoxy groups -OCH3 is 1. The first-order valence-corrected chi connectivity index (χ1v) is 11.7. The molecule has 2 aromatic carbocycles. The Hall–Kier alpha value is -3.61. The molecule has 0 aliphatic rings. The van der Waals surface area contributed by atoms with Crippen LogP contribution in [0.15, 0.2) is 68.9 Å². The summed E-state index contributed by atoms with van der Waals surface area (Å²) in [6.07, 6.45) is 0. The van der Waals surface area contributed by atoms with Crippen LogP contribution in [0.25, 0.3) is 22.6 Å². The topological polar surface area (TPSA) is 120 Å². The Morgan fingerprint density at radius 3 is 2.76 bits per heavy atom. The van der Waals surface area contributed by atoms with Gasteiger partial charge in [0.2, 0.25) is 0 Å². The van der Waals surface area contributed by atoms with Crippen molar-refractivity contribution >= 4 is 61.3 Å². The molecular weight excluding hydrogens is 544 g/mol. The highest BCUT2D eigenvalue weighted by atomic mass is 79.9. The first kappa shape index (κ1) is 23.5. The summed E-state index contributed by atoms with van der Waals surface area (Å²) in [5, 5.41) is 18.8. The van der Waals surface area contributed by atoms with Crippen molar-refractivity contribution in [3.63, 3.8) is 0 Å². The summed E-state index contributed by atoms with van der Waals surface area (Å²) in [6.45, 7) is 0. The molecule has 172 valence electrons. The Balaban J connectivity index is 1.40. The van der Waals surface area contributed by atoms with Gasteiger partial charge in [-0.3, -0.25) is 20.2 Å². The number of nitrogens with zero attached hydrogens (tertiary/aromatic N) is 2. The number of halogens is 1. The van der Waals surface area contributed by atoms with Gasteiger partial charge < -0.3 is 14.5 Å². The van der Waals surface area contributed by atoms with Gasteiger partial charge in [0.15, 0.2) is 16.0 Å². The summed E-state index contributed by atoms with van der Waals surface area (Å²) in [6, 6.07) is 14.6. The van der Waals surface area contributed by atoms with Crippen molar-refractivity contribution in [2.24, 2.45) is 0 Å². The van der Waals surface area contributed by atoms with Gasteiger partial charge in [-0.05, 0) is 58.5 Å². The molecule has 34 heavy (non-hydrogen) atoms. The number of hydrogen-bond acceptors (Lipinski definition) is 8. The third kappa shape index (κ3) is 5.30. The van der Waals surface area contributed by atoms with E-state index in [1.165, 1.54) is 29.5 Å². The zero-order chi connectivity index (χ0) is 24.2. The van der Waals surface area contributed by atoms with Crippen molar-refractivity contribution < 1.29 is 18.9 Å². The fourth-order valence-electron chi connectivity index (χ4n) is 2.97. The molecular formula is C22H15BrN4O5S2. The molecule has 2 aromatic heterocycles. The number of thiocarbonyl (C=S) groups is 1. The van der Waals surface area contributed by atoms with E-state index in [1.54, 1.807) is 25.3 Å². The molecule has 0 saturated heterocycles. The van der Waals surface area contributed by atoms with Gasteiger partial charge in [-0.15, -0.1) is 11.3 Å². The van der Waals surface area contributed by atoms with E-state index < -0.39 is 10.8 Å². The summed E-state index contributed by atoms with van der Waals surface area (Å²) in [5.74, 6) is 0.481. The van der Waals surface area contributed by atoms with E-state index in [0.29, 0.717) is 22.2 Å². The molecule has 1 amide bonds. The van der Waals surface area contributed by atoms with Crippen molar-refractivity contribution in [1.29, 1.82) is 0 Å². The van der Waals surface area contributed by atoms with E-state index in [1.807, 2.05) is 23.6 Å². The number of nitro benzene ring substituents is 1. The number of amides is 1. The number of carbonyl (C=O) groups excluding carboxylic acids is 1. The van der Waals surface area contributed by atoms with Gasteiger partial charge in [-0.1, -0.05) is 12.1 Å². The predicted molar refractivity (Wildman–Crippen MR) is 136 cm³/mol. The zero-order valence-electron chi connectivity index (χ0n) is 17.4. The fourth-order valence-corrected chi connectivity index (χ4v) is 4.49. The maximum Gasteiger partial charge on any atom is 0.293 e. The number of ether oxygens (including phenoxy) is 1. The predicted octanol–water partition coefficient (Wildman–Crippen LogP) is 5.88. The van der Waals surface area contributed by atoms with Gasteiger partial charge in [0, 0.05) is 28.6 Å². The molecule has 4 rings (SSSR count). The zero-order valence-corrected chi connectivity index (χ0v) is 20.6. The molecule has 0 unspecified atom stereocenters. The molecule has 2 heterocycles. The minimum atomic E-state index is -0.565. The van der Waals surface area contributed by atoms with Gasteiger partial charge >= 0.3 is 0 Å². The normalized spacial score (nSPS) is 10.5. The SMILES string of the molecule is COc1ccc(-c2csc(NC(=S)NC(=O)c3ccc(-c4cccc([N+](=O)[O-])c4)o3)n2)cc1Br. The number of nitro groups is 1. The van der Waals surface area contributed by atoms with Crippen LogP contribution in [0.4, 0.5) is 10.8 Å². The molecule has 0 spiro atoms. The Bertz CT molecular complexity index is 1400. The summed E-state index contributed by atoms with van der Waals surface area (Å²) in [4.78, 5) is 27.5. The highest BCUT2D eigenvalue weighted by molar-refractivity contribution is 9.10. The summed E-state index contributed by atoms with van der Waals surface area (Å²) >= 11 is 10.0. The molecule has 0 fully saturated rings. The van der Waals surface area contributed by atoms with Crippen LogP contribution in [0, 0.1) is 10.1 Å². The van der Waals surface area contributed by atoms with Crippen molar-refractivity contribution in [1.82, 2.24) is 10.3 Å². The van der Waals surface area contributed by atoms with Gasteiger partial charge in [0.25, 0.3) is 11.6 Å². The fraction of sp³-hybridized carbons (Fsp3) is 0.0455. The standard InChI is InChI=1S/C22H15BrN4O5S2/c1-31-18-6-5-12(10-15(18)23)16-11-34-22(24-16)26-21(33)25-20(28)19-8-7-17(32-19)13-3-2-4-14(9-13)27(29)30/h2-11H,1H3,(H2,24,25,26,28,33). The summed E-state index contributed by atoms with van der Waals surface area (Å²) < 4.78 is 11.6. The largest absolute Gasteiger partial charge is 0.496 e. The van der Waals surface area contributed by atoms with Crippen LogP contribution in [0.1, 0.15) is 10.6 Å². The minimum absolute atomic E-state index is 0.00793. The molecule has 0 aliphatic carbocycles. The van der Waals surface area contributed by atoms with Crippen molar-refractivity contribution in [2.75, 3.05) is 12.4 Å². The second kappa shape index (κ2) is 10.1. The second-order valence-electron chi connectivity index (χ2n) is 6.77. The first-order chi connectivity index (χ1) is 16.3. The van der Waals surface area contributed by atoms with E-state index in [4.69, 9.17) is 21.4 Å². The number of hydrogen-bond donors (Lipinski definition) is 2. The van der Waals surface area contributed by atoms with Crippen LogP contribution in [0.5, 0.6) is 5.75 Å². The number of thiazole rings is 1. The molecule has 0 atom stereocenters. The average molecular weight is 559 g/mol. The number of aromatic nitrogens is 1. The summed E-state index contributed by atoms with van der Waals surface area (Å²) in [7, 11) is 1.59. The lowest BCUT2D eigenvalue weighted by molar-refractivity contribution is -0.384. The average Bonchev–Trinajstić information content (AvgIpc) is 3.49. The molecule has 0 aliphatic heterocycles. The molecule has 9 nitrogen and oxygen atoms in total. The number of benzene rings is 2. The van der Waals surface area contributed by atoms with E-state index in [-0.39, 0.29) is 16.6 Å². The van der Waals surface area contributed by atoms with E-state index >= 15 is 0 Å². The highest BCUT2D eigenvalue weighted by Crippen LogP contribution is 2.32. The molecule has 0 bridgehead atoms. The summed E-state index contributed by atoms with van der Waals surface area (Å²) in [5.41, 5.74) is 2.03. The Morgan fingerprint density at radius 1 is 1.21 bits per heavy atom. The van der Waals surface area contributed by atoms with Crippen LogP contribution >= 0.6 is 39.5 Å². The molecule has 4 aromatic rings. The Labute approximate surface area is 211 Å². The van der Waals surface area contributed by atoms with Gasteiger partial charge in [-0.25, -0.2) is 4.98 Å². The van der Waals surface area contributed by atoms with Crippen LogP contribution in [0.3, 0.4) is 0 Å². The van der Waals surface area contributed by atoms with Crippen LogP contribution < -0.4 is 15.4 Å². The smallest absolute Gasteiger partial charge is 0.293 e. The minimum Gasteiger partial charge on any atom is -0.496 e. The maximum atomic E-state index is 12.5. The molecule has 12 heteroatoms. The van der Waals surface area contributed by atoms with Crippen molar-refractivity contribution in [3.8, 4) is 28.3 Å². The third-order valence-electron chi connectivity index (χ3n) is 4.57. The Morgan fingerprint density at radius 2 is 2.03 bits per heavy atom. The van der Waals surface area contributed by atoms with Gasteiger partial charge in [0.05, 0.1) is 22.2 Å². The number of furan rings is 1. The van der Waals surface area contributed by atoms with E-state index in [0.717, 1.165) is 15.7 Å². The quantitative estimate of drug-likeness (QED) is 0.171. The van der Waals surface area contributed by atoms with E-state index in [2.05, 4.69) is 31.5 Å². The molecule has 0 saturated carbocycles. The van der Waals surface area contributed by atoms with E-state index in [9.17, 15) is 14.9 Å². The van der Waals surface area contributed by atoms with Crippen LogP contribution in [0.2, 0.25) is 0 Å². The number of nitrogens with one attached hydrogen (secondary N) is 2. The van der Waals surface area contributed by atoms with Crippen molar-refractivity contribution in [3.05, 3.63) is 80.3 Å². The number of carbonyl (C=O) groups is 1. The van der Waals surface area contributed by atoms with Gasteiger partial charge in [0.1, 0.15) is 11.5 Å². The number of non-ortho nitro benzene ring substituents is 1. The lowest BCUT2D eigenvalue weighted by Gasteiger charge is -2.06. The highest BCUT2D eigenvalue weighted by Gasteiger charge is 2.16. The van der Waals surface area contributed by atoms with Crippen LogP contribution in [-0.2, 0) is 0 Å². The second-order valence-corrected chi connectivity index (χ2v) is 8.89. The van der Waals surface area contributed by atoms with Crippen LogP contribution in [-0.4, -0.2) is 28.0 Å². The molecule has 2 N–H and O–H groups in total. The third-order valence-corrected chi connectivity index (χ3v) is 6.15. The lowest BCUT2D eigenvalue weighted by atomic mass is 10.1. The molecule has 0 radical (unpaired) electrons. The lowest BCUT2D eigenvalue weighted by Crippen LogP contribution is -2.33. The van der Waals surface area contributed by atoms with Gasteiger partial charge in [-0.2, -0.15) is 0 Å². The van der Waals surface area contributed by atoms with Crippen molar-refractivity contribution in [2.45, 2.75) is 0 Å². The number of rotatable bonds is 6. The number of anilines is 1. The maximum absolute atomic E-state index is 12.5. The monoisotopic (exact) mass is 558 g/mol.